The number of methoxy groups -OCH3 is 1. The van der Waals surface area contributed by atoms with Gasteiger partial charge in [-0.05, 0) is 54.6 Å². The fourth-order valence-corrected chi connectivity index (χ4v) is 3.87. The Balaban J connectivity index is 1.97. The van der Waals surface area contributed by atoms with Gasteiger partial charge in [0.25, 0.3) is 11.7 Å². The van der Waals surface area contributed by atoms with Crippen LogP contribution >= 0.6 is 11.6 Å². The molecule has 0 aromatic heterocycles. The smallest absolute Gasteiger partial charge is 0.300 e. The predicted molar refractivity (Wildman–Crippen MR) is 120 cm³/mol. The SMILES string of the molecule is COc1ccccc1C1/C(=C(/O)c2ccc(Cl)cc2)C(=O)C(=O)N1c1ccc(C#N)cc1. The zero-order chi connectivity index (χ0) is 22.8. The van der Waals surface area contributed by atoms with Crippen LogP contribution in [0.5, 0.6) is 5.75 Å². The molecule has 0 saturated carbocycles. The fourth-order valence-electron chi connectivity index (χ4n) is 3.75. The minimum Gasteiger partial charge on any atom is -0.507 e. The van der Waals surface area contributed by atoms with E-state index in [9.17, 15) is 14.7 Å². The standard InChI is InChI=1S/C25H17ClN2O4/c1-32-20-5-3-2-4-19(20)22-21(23(29)16-8-10-17(26)11-9-16)24(30)25(31)28(22)18-12-6-15(14-27)7-13-18/h2-13,22,29H,1H3/b23-21-. The molecular weight excluding hydrogens is 428 g/mol. The van der Waals surface area contributed by atoms with Crippen molar-refractivity contribution in [3.63, 3.8) is 0 Å². The number of benzene rings is 3. The van der Waals surface area contributed by atoms with Crippen LogP contribution in [0.2, 0.25) is 5.02 Å². The molecular formula is C25H17ClN2O4. The van der Waals surface area contributed by atoms with Crippen molar-refractivity contribution in [3.8, 4) is 11.8 Å². The number of Topliss-reactive ketones (excluding diaryl/α,β-unsaturated/α-hetero) is 1. The average molecular weight is 445 g/mol. The molecule has 158 valence electrons. The van der Waals surface area contributed by atoms with Gasteiger partial charge in [0.15, 0.2) is 0 Å². The zero-order valence-electron chi connectivity index (χ0n) is 16.9. The largest absolute Gasteiger partial charge is 0.507 e. The second-order valence-electron chi connectivity index (χ2n) is 7.08. The molecule has 0 aliphatic carbocycles. The van der Waals surface area contributed by atoms with Gasteiger partial charge in [-0.25, -0.2) is 0 Å². The lowest BCUT2D eigenvalue weighted by atomic mass is 9.94. The first-order chi connectivity index (χ1) is 15.5. The van der Waals surface area contributed by atoms with Gasteiger partial charge in [-0.15, -0.1) is 0 Å². The number of halogens is 1. The maximum atomic E-state index is 13.1. The molecule has 32 heavy (non-hydrogen) atoms. The van der Waals surface area contributed by atoms with E-state index in [1.807, 2.05) is 6.07 Å². The molecule has 1 fully saturated rings. The Morgan fingerprint density at radius 2 is 1.69 bits per heavy atom. The third-order valence-electron chi connectivity index (χ3n) is 5.27. The van der Waals surface area contributed by atoms with E-state index < -0.39 is 17.7 Å². The highest BCUT2D eigenvalue weighted by Gasteiger charge is 2.47. The van der Waals surface area contributed by atoms with E-state index >= 15 is 0 Å². The van der Waals surface area contributed by atoms with Crippen molar-refractivity contribution >= 4 is 34.7 Å². The number of nitrogens with zero attached hydrogens (tertiary/aromatic N) is 2. The molecule has 0 bridgehead atoms. The van der Waals surface area contributed by atoms with E-state index in [1.54, 1.807) is 72.8 Å². The summed E-state index contributed by atoms with van der Waals surface area (Å²) < 4.78 is 5.48. The highest BCUT2D eigenvalue weighted by Crippen LogP contribution is 2.44. The van der Waals surface area contributed by atoms with E-state index in [0.29, 0.717) is 33.1 Å². The quantitative estimate of drug-likeness (QED) is 0.353. The second kappa shape index (κ2) is 8.58. The highest BCUT2D eigenvalue weighted by molar-refractivity contribution is 6.51. The Labute approximate surface area is 189 Å². The number of para-hydroxylation sites is 1. The van der Waals surface area contributed by atoms with Gasteiger partial charge in [0.05, 0.1) is 30.4 Å². The molecule has 3 aromatic carbocycles. The van der Waals surface area contributed by atoms with Crippen LogP contribution in [0.3, 0.4) is 0 Å². The number of aliphatic hydroxyl groups excluding tert-OH is 1. The third kappa shape index (κ3) is 3.59. The number of rotatable bonds is 4. The molecule has 0 radical (unpaired) electrons. The summed E-state index contributed by atoms with van der Waals surface area (Å²) in [7, 11) is 1.49. The third-order valence-corrected chi connectivity index (χ3v) is 5.52. The van der Waals surface area contributed by atoms with E-state index in [2.05, 4.69) is 0 Å². The summed E-state index contributed by atoms with van der Waals surface area (Å²) in [6.07, 6.45) is 0. The van der Waals surface area contributed by atoms with E-state index in [4.69, 9.17) is 21.6 Å². The van der Waals surface area contributed by atoms with Crippen LogP contribution in [-0.4, -0.2) is 23.9 Å². The minimum absolute atomic E-state index is 0.0637. The fraction of sp³-hybridized carbons (Fsp3) is 0.0800. The number of amides is 1. The molecule has 1 saturated heterocycles. The first kappa shape index (κ1) is 21.2. The van der Waals surface area contributed by atoms with Crippen LogP contribution in [-0.2, 0) is 9.59 Å². The van der Waals surface area contributed by atoms with Crippen molar-refractivity contribution in [1.29, 1.82) is 5.26 Å². The average Bonchev–Trinajstić information content (AvgIpc) is 3.09. The number of anilines is 1. The molecule has 1 unspecified atom stereocenters. The van der Waals surface area contributed by atoms with Gasteiger partial charge in [0.1, 0.15) is 11.5 Å². The summed E-state index contributed by atoms with van der Waals surface area (Å²) in [5, 5.41) is 20.7. The summed E-state index contributed by atoms with van der Waals surface area (Å²) in [4.78, 5) is 27.6. The predicted octanol–water partition coefficient (Wildman–Crippen LogP) is 4.85. The van der Waals surface area contributed by atoms with Gasteiger partial charge in [-0.2, -0.15) is 5.26 Å². The number of aliphatic hydroxyl groups is 1. The van der Waals surface area contributed by atoms with Crippen molar-refractivity contribution in [1.82, 2.24) is 0 Å². The van der Waals surface area contributed by atoms with Crippen LogP contribution in [0.1, 0.15) is 22.7 Å². The number of nitriles is 1. The van der Waals surface area contributed by atoms with Gasteiger partial charge >= 0.3 is 0 Å². The molecule has 1 heterocycles. The van der Waals surface area contributed by atoms with E-state index in [-0.39, 0.29) is 11.3 Å². The van der Waals surface area contributed by atoms with Gasteiger partial charge < -0.3 is 9.84 Å². The van der Waals surface area contributed by atoms with Crippen molar-refractivity contribution in [3.05, 3.63) is 100 Å². The second-order valence-corrected chi connectivity index (χ2v) is 7.51. The highest BCUT2D eigenvalue weighted by atomic mass is 35.5. The summed E-state index contributed by atoms with van der Waals surface area (Å²) in [6.45, 7) is 0. The number of carbonyl (C=O) groups excluding carboxylic acids is 2. The van der Waals surface area contributed by atoms with Crippen LogP contribution in [0.25, 0.3) is 5.76 Å². The van der Waals surface area contributed by atoms with Gasteiger partial charge in [0, 0.05) is 21.8 Å². The number of hydrogen-bond donors (Lipinski definition) is 1. The Hall–Kier alpha value is -4.08. The molecule has 1 amide bonds. The summed E-state index contributed by atoms with van der Waals surface area (Å²) in [5.41, 5.74) is 1.66. The van der Waals surface area contributed by atoms with E-state index in [0.717, 1.165) is 0 Å². The van der Waals surface area contributed by atoms with Gasteiger partial charge in [-0.3, -0.25) is 14.5 Å². The number of ketones is 1. The maximum absolute atomic E-state index is 13.1. The molecule has 7 heteroatoms. The lowest BCUT2D eigenvalue weighted by Gasteiger charge is -2.26. The molecule has 1 aliphatic heterocycles. The first-order valence-electron chi connectivity index (χ1n) is 9.66. The van der Waals surface area contributed by atoms with Gasteiger partial charge in [-0.1, -0.05) is 29.8 Å². The molecule has 1 N–H and O–H groups in total. The monoisotopic (exact) mass is 444 g/mol. The Morgan fingerprint density at radius 1 is 1.03 bits per heavy atom. The normalized spacial score (nSPS) is 17.3. The molecule has 0 spiro atoms. The van der Waals surface area contributed by atoms with Gasteiger partial charge in [0.2, 0.25) is 0 Å². The maximum Gasteiger partial charge on any atom is 0.300 e. The van der Waals surface area contributed by atoms with Crippen molar-refractivity contribution < 1.29 is 19.4 Å². The first-order valence-corrected chi connectivity index (χ1v) is 10.0. The number of ether oxygens (including phenoxy) is 1. The molecule has 1 atom stereocenters. The van der Waals surface area contributed by atoms with Crippen LogP contribution in [0.4, 0.5) is 5.69 Å². The number of hydrogen-bond acceptors (Lipinski definition) is 5. The minimum atomic E-state index is -0.935. The number of carbonyl (C=O) groups is 2. The summed E-state index contributed by atoms with van der Waals surface area (Å²) in [6, 6.07) is 20.7. The Kier molecular flexibility index (Phi) is 5.67. The molecule has 6 nitrogen and oxygen atoms in total. The van der Waals surface area contributed by atoms with Crippen LogP contribution < -0.4 is 9.64 Å². The van der Waals surface area contributed by atoms with Crippen molar-refractivity contribution in [2.24, 2.45) is 0 Å². The molecule has 4 rings (SSSR count). The molecule has 1 aliphatic rings. The topological polar surface area (TPSA) is 90.6 Å². The van der Waals surface area contributed by atoms with E-state index in [1.165, 1.54) is 12.0 Å². The molecule has 3 aromatic rings. The lowest BCUT2D eigenvalue weighted by Crippen LogP contribution is -2.29. The van der Waals surface area contributed by atoms with Crippen molar-refractivity contribution in [2.45, 2.75) is 6.04 Å². The Bertz CT molecular complexity index is 1270. The summed E-state index contributed by atoms with van der Waals surface area (Å²) in [5.74, 6) is -1.47. The van der Waals surface area contributed by atoms with Crippen LogP contribution in [0, 0.1) is 11.3 Å². The van der Waals surface area contributed by atoms with Crippen LogP contribution in [0.15, 0.2) is 78.4 Å². The Morgan fingerprint density at radius 3 is 2.31 bits per heavy atom. The zero-order valence-corrected chi connectivity index (χ0v) is 17.7. The summed E-state index contributed by atoms with van der Waals surface area (Å²) >= 11 is 5.95. The van der Waals surface area contributed by atoms with Crippen molar-refractivity contribution in [2.75, 3.05) is 12.0 Å². The lowest BCUT2D eigenvalue weighted by molar-refractivity contribution is -0.132.